The molecule has 0 saturated heterocycles. The maximum Gasteiger partial charge on any atom is 0.224 e. The van der Waals surface area contributed by atoms with Crippen molar-refractivity contribution in [2.24, 2.45) is 5.92 Å². The maximum atomic E-state index is 12.0. The molecule has 1 N–H and O–H groups in total. The minimum atomic E-state index is 0.0550. The number of fused-ring (bicyclic) bond motifs is 1. The van der Waals surface area contributed by atoms with Crippen LogP contribution in [-0.2, 0) is 11.2 Å². The van der Waals surface area contributed by atoms with E-state index in [-0.39, 0.29) is 11.9 Å². The van der Waals surface area contributed by atoms with Crippen molar-refractivity contribution in [3.05, 3.63) is 42.1 Å². The normalized spacial score (nSPS) is 12.6. The van der Waals surface area contributed by atoms with Gasteiger partial charge in [-0.2, -0.15) is 0 Å². The Morgan fingerprint density at radius 2 is 1.95 bits per heavy atom. The van der Waals surface area contributed by atoms with E-state index < -0.39 is 0 Å². The molecule has 0 aliphatic heterocycles. The van der Waals surface area contributed by atoms with Gasteiger partial charge in [0.25, 0.3) is 0 Å². The zero-order valence-corrected chi connectivity index (χ0v) is 11.7. The SMILES string of the molecule is CC(C)C(C)NC(=O)Cc1cccc2cccnc12. The summed E-state index contributed by atoms with van der Waals surface area (Å²) in [5.74, 6) is 0.494. The van der Waals surface area contributed by atoms with Crippen LogP contribution in [0, 0.1) is 5.92 Å². The number of benzene rings is 1. The second-order valence-corrected chi connectivity index (χ2v) is 5.27. The Morgan fingerprint density at radius 1 is 1.21 bits per heavy atom. The molecule has 1 aromatic heterocycles. The van der Waals surface area contributed by atoms with Crippen LogP contribution in [0.3, 0.4) is 0 Å². The van der Waals surface area contributed by atoms with E-state index in [1.807, 2.05) is 37.3 Å². The fraction of sp³-hybridized carbons (Fsp3) is 0.375. The molecule has 3 heteroatoms. The monoisotopic (exact) mass is 256 g/mol. The van der Waals surface area contributed by atoms with Crippen LogP contribution in [0.25, 0.3) is 10.9 Å². The van der Waals surface area contributed by atoms with Crippen molar-refractivity contribution in [3.63, 3.8) is 0 Å². The van der Waals surface area contributed by atoms with Crippen LogP contribution in [0.5, 0.6) is 0 Å². The number of nitrogens with zero attached hydrogens (tertiary/aromatic N) is 1. The Bertz CT molecular complexity index is 572. The summed E-state index contributed by atoms with van der Waals surface area (Å²) in [4.78, 5) is 16.4. The highest BCUT2D eigenvalue weighted by Gasteiger charge is 2.12. The lowest BCUT2D eigenvalue weighted by molar-refractivity contribution is -0.121. The first-order valence-electron chi connectivity index (χ1n) is 6.70. The molecule has 1 heterocycles. The lowest BCUT2D eigenvalue weighted by Crippen LogP contribution is -2.37. The third-order valence-corrected chi connectivity index (χ3v) is 3.46. The molecular formula is C16H20N2O. The third kappa shape index (κ3) is 3.31. The minimum Gasteiger partial charge on any atom is -0.353 e. The quantitative estimate of drug-likeness (QED) is 0.913. The first-order valence-corrected chi connectivity index (χ1v) is 6.70. The number of hydrogen-bond acceptors (Lipinski definition) is 2. The molecule has 0 aliphatic rings. The van der Waals surface area contributed by atoms with Gasteiger partial charge >= 0.3 is 0 Å². The van der Waals surface area contributed by atoms with Crippen molar-refractivity contribution in [1.82, 2.24) is 10.3 Å². The van der Waals surface area contributed by atoms with Gasteiger partial charge in [0.05, 0.1) is 11.9 Å². The van der Waals surface area contributed by atoms with Gasteiger partial charge in [-0.25, -0.2) is 0 Å². The molecule has 0 saturated carbocycles. The highest BCUT2D eigenvalue weighted by atomic mass is 16.1. The Balaban J connectivity index is 2.15. The van der Waals surface area contributed by atoms with Crippen LogP contribution in [0.4, 0.5) is 0 Å². The fourth-order valence-corrected chi connectivity index (χ4v) is 1.95. The number of nitrogens with one attached hydrogen (secondary N) is 1. The first kappa shape index (κ1) is 13.5. The zero-order chi connectivity index (χ0) is 13.8. The molecule has 1 aromatic carbocycles. The van der Waals surface area contributed by atoms with Gasteiger partial charge in [0.2, 0.25) is 5.91 Å². The molecule has 100 valence electrons. The molecule has 1 amide bonds. The van der Waals surface area contributed by atoms with Gasteiger partial charge in [-0.3, -0.25) is 9.78 Å². The lowest BCUT2D eigenvalue weighted by atomic mass is 10.0. The molecule has 2 aromatic rings. The number of hydrogen-bond donors (Lipinski definition) is 1. The highest BCUT2D eigenvalue weighted by molar-refractivity contribution is 5.87. The predicted molar refractivity (Wildman–Crippen MR) is 77.9 cm³/mol. The van der Waals surface area contributed by atoms with E-state index in [1.54, 1.807) is 6.20 Å². The van der Waals surface area contributed by atoms with Crippen molar-refractivity contribution >= 4 is 16.8 Å². The number of carbonyl (C=O) groups excluding carboxylic acids is 1. The van der Waals surface area contributed by atoms with Crippen molar-refractivity contribution in [2.75, 3.05) is 0 Å². The van der Waals surface area contributed by atoms with E-state index in [0.29, 0.717) is 12.3 Å². The van der Waals surface area contributed by atoms with Gasteiger partial charge in [-0.1, -0.05) is 38.1 Å². The molecule has 1 atom stereocenters. The Kier molecular flexibility index (Phi) is 4.15. The number of carbonyl (C=O) groups is 1. The molecule has 0 spiro atoms. The van der Waals surface area contributed by atoms with E-state index in [2.05, 4.69) is 24.1 Å². The van der Waals surface area contributed by atoms with Gasteiger partial charge in [0.1, 0.15) is 0 Å². The highest BCUT2D eigenvalue weighted by Crippen LogP contribution is 2.16. The Morgan fingerprint density at radius 3 is 2.68 bits per heavy atom. The van der Waals surface area contributed by atoms with Crippen LogP contribution in [-0.4, -0.2) is 16.9 Å². The van der Waals surface area contributed by atoms with Crippen molar-refractivity contribution < 1.29 is 4.79 Å². The van der Waals surface area contributed by atoms with E-state index in [0.717, 1.165) is 16.5 Å². The van der Waals surface area contributed by atoms with Gasteiger partial charge in [0, 0.05) is 17.6 Å². The Hall–Kier alpha value is -1.90. The topological polar surface area (TPSA) is 42.0 Å². The number of amides is 1. The van der Waals surface area contributed by atoms with Gasteiger partial charge in [-0.05, 0) is 24.5 Å². The van der Waals surface area contributed by atoms with E-state index in [9.17, 15) is 4.79 Å². The van der Waals surface area contributed by atoms with E-state index in [4.69, 9.17) is 0 Å². The number of aromatic nitrogens is 1. The second-order valence-electron chi connectivity index (χ2n) is 5.27. The molecule has 19 heavy (non-hydrogen) atoms. The summed E-state index contributed by atoms with van der Waals surface area (Å²) in [6.45, 7) is 6.23. The van der Waals surface area contributed by atoms with Gasteiger partial charge in [0.15, 0.2) is 0 Å². The average molecular weight is 256 g/mol. The average Bonchev–Trinajstić information content (AvgIpc) is 2.39. The van der Waals surface area contributed by atoms with Crippen molar-refractivity contribution in [2.45, 2.75) is 33.2 Å². The van der Waals surface area contributed by atoms with E-state index >= 15 is 0 Å². The minimum absolute atomic E-state index is 0.0550. The van der Waals surface area contributed by atoms with Crippen LogP contribution < -0.4 is 5.32 Å². The second kappa shape index (κ2) is 5.83. The summed E-state index contributed by atoms with van der Waals surface area (Å²) >= 11 is 0. The summed E-state index contributed by atoms with van der Waals surface area (Å²) in [6.07, 6.45) is 2.14. The molecule has 0 fully saturated rings. The number of rotatable bonds is 4. The summed E-state index contributed by atoms with van der Waals surface area (Å²) in [7, 11) is 0. The molecular weight excluding hydrogens is 236 g/mol. The lowest BCUT2D eigenvalue weighted by Gasteiger charge is -2.17. The zero-order valence-electron chi connectivity index (χ0n) is 11.7. The van der Waals surface area contributed by atoms with Gasteiger partial charge < -0.3 is 5.32 Å². The largest absolute Gasteiger partial charge is 0.353 e. The summed E-state index contributed by atoms with van der Waals surface area (Å²) < 4.78 is 0. The Labute approximate surface area is 114 Å². The maximum absolute atomic E-state index is 12.0. The molecule has 0 bridgehead atoms. The fourth-order valence-electron chi connectivity index (χ4n) is 1.95. The van der Waals surface area contributed by atoms with Crippen LogP contribution >= 0.6 is 0 Å². The third-order valence-electron chi connectivity index (χ3n) is 3.46. The number of para-hydroxylation sites is 1. The first-order chi connectivity index (χ1) is 9.08. The standard InChI is InChI=1S/C16H20N2O/c1-11(2)12(3)18-15(19)10-14-7-4-6-13-8-5-9-17-16(13)14/h4-9,11-12H,10H2,1-3H3,(H,18,19). The van der Waals surface area contributed by atoms with Crippen LogP contribution in [0.1, 0.15) is 26.3 Å². The summed E-state index contributed by atoms with van der Waals surface area (Å²) in [5.41, 5.74) is 1.89. The van der Waals surface area contributed by atoms with Crippen molar-refractivity contribution in [3.8, 4) is 0 Å². The smallest absolute Gasteiger partial charge is 0.224 e. The van der Waals surface area contributed by atoms with Crippen LogP contribution in [0.15, 0.2) is 36.5 Å². The molecule has 2 rings (SSSR count). The number of pyridine rings is 1. The molecule has 0 radical (unpaired) electrons. The van der Waals surface area contributed by atoms with Crippen molar-refractivity contribution in [1.29, 1.82) is 0 Å². The van der Waals surface area contributed by atoms with E-state index in [1.165, 1.54) is 0 Å². The summed E-state index contributed by atoms with van der Waals surface area (Å²) in [5, 5.41) is 4.10. The molecule has 0 aliphatic carbocycles. The predicted octanol–water partition coefficient (Wildman–Crippen LogP) is 2.94. The van der Waals surface area contributed by atoms with Gasteiger partial charge in [-0.15, -0.1) is 0 Å². The van der Waals surface area contributed by atoms with Crippen LogP contribution in [0.2, 0.25) is 0 Å². The molecule has 1 unspecified atom stereocenters. The summed E-state index contributed by atoms with van der Waals surface area (Å²) in [6, 6.07) is 10.1. The molecule has 3 nitrogen and oxygen atoms in total.